The number of hydrogen-bond acceptors (Lipinski definition) is 2. The summed E-state index contributed by atoms with van der Waals surface area (Å²) >= 11 is 0. The molecule has 0 radical (unpaired) electrons. The van der Waals surface area contributed by atoms with E-state index in [-0.39, 0.29) is 11.5 Å². The maximum atomic E-state index is 11.2. The number of carboxylic acid groups (broad SMARTS) is 1. The Balaban J connectivity index is 5.18. The highest BCUT2D eigenvalue weighted by Gasteiger charge is 2.21. The van der Waals surface area contributed by atoms with Crippen LogP contribution in [0.4, 0.5) is 0 Å². The van der Waals surface area contributed by atoms with Crippen LogP contribution in [0.2, 0.25) is 0 Å². The Morgan fingerprint density at radius 3 is 2.00 bits per heavy atom. The molecule has 3 nitrogen and oxygen atoms in total. The number of hydrogen-bond donors (Lipinski definition) is 2. The van der Waals surface area contributed by atoms with Crippen LogP contribution in [-0.4, -0.2) is 11.1 Å². The molecule has 0 saturated heterocycles. The number of allylic oxidation sites excluding steroid dienone is 3. The Labute approximate surface area is 96.7 Å². The Morgan fingerprint density at radius 2 is 1.69 bits per heavy atom. The Bertz CT molecular complexity index is 306. The van der Waals surface area contributed by atoms with Crippen LogP contribution in [0.15, 0.2) is 49.2 Å². The Hall–Kier alpha value is -1.77. The molecular formula is C13H19NO2. The SMILES string of the molecule is C=CCC(N)=C(C(=O)O)C(CC=C)CC=C. The lowest BCUT2D eigenvalue weighted by Crippen LogP contribution is -2.18. The second-order valence-electron chi connectivity index (χ2n) is 3.48. The first-order valence-corrected chi connectivity index (χ1v) is 5.12. The third kappa shape index (κ3) is 4.17. The van der Waals surface area contributed by atoms with Gasteiger partial charge in [-0.3, -0.25) is 0 Å². The molecule has 0 unspecified atom stereocenters. The van der Waals surface area contributed by atoms with Crippen LogP contribution in [0.3, 0.4) is 0 Å². The molecule has 0 aromatic rings. The summed E-state index contributed by atoms with van der Waals surface area (Å²) in [5.74, 6) is -1.14. The molecule has 0 fully saturated rings. The third-order valence-electron chi connectivity index (χ3n) is 2.25. The molecule has 0 aliphatic rings. The van der Waals surface area contributed by atoms with Crippen molar-refractivity contribution < 1.29 is 9.90 Å². The van der Waals surface area contributed by atoms with Gasteiger partial charge < -0.3 is 10.8 Å². The quantitative estimate of drug-likeness (QED) is 0.489. The summed E-state index contributed by atoms with van der Waals surface area (Å²) in [5, 5.41) is 9.15. The predicted molar refractivity (Wildman–Crippen MR) is 66.8 cm³/mol. The number of nitrogens with two attached hydrogens (primary N) is 1. The highest BCUT2D eigenvalue weighted by atomic mass is 16.4. The van der Waals surface area contributed by atoms with Gasteiger partial charge in [-0.1, -0.05) is 18.2 Å². The van der Waals surface area contributed by atoms with E-state index in [1.165, 1.54) is 0 Å². The topological polar surface area (TPSA) is 63.3 Å². The molecule has 0 heterocycles. The highest BCUT2D eigenvalue weighted by molar-refractivity contribution is 5.88. The van der Waals surface area contributed by atoms with Crippen molar-refractivity contribution in [1.82, 2.24) is 0 Å². The van der Waals surface area contributed by atoms with Gasteiger partial charge in [-0.05, 0) is 18.8 Å². The van der Waals surface area contributed by atoms with Crippen molar-refractivity contribution in [2.75, 3.05) is 0 Å². The fraction of sp³-hybridized carbons (Fsp3) is 0.308. The Kier molecular flexibility index (Phi) is 6.68. The molecule has 16 heavy (non-hydrogen) atoms. The fourth-order valence-corrected chi connectivity index (χ4v) is 1.57. The van der Waals surface area contributed by atoms with Gasteiger partial charge in [0.15, 0.2) is 0 Å². The molecule has 0 aliphatic carbocycles. The van der Waals surface area contributed by atoms with E-state index in [0.29, 0.717) is 25.0 Å². The van der Waals surface area contributed by atoms with E-state index in [1.807, 2.05) is 0 Å². The van der Waals surface area contributed by atoms with Gasteiger partial charge >= 0.3 is 5.97 Å². The monoisotopic (exact) mass is 221 g/mol. The zero-order chi connectivity index (χ0) is 12.6. The molecule has 0 saturated carbocycles. The molecule has 3 N–H and O–H groups in total. The molecule has 0 aliphatic heterocycles. The lowest BCUT2D eigenvalue weighted by molar-refractivity contribution is -0.133. The van der Waals surface area contributed by atoms with Crippen molar-refractivity contribution in [3.63, 3.8) is 0 Å². The molecule has 0 bridgehead atoms. The van der Waals surface area contributed by atoms with Crippen molar-refractivity contribution in [2.24, 2.45) is 11.7 Å². The average molecular weight is 221 g/mol. The maximum Gasteiger partial charge on any atom is 0.333 e. The number of carboxylic acids is 1. The molecular weight excluding hydrogens is 202 g/mol. The van der Waals surface area contributed by atoms with Gasteiger partial charge in [0, 0.05) is 12.1 Å². The smallest absolute Gasteiger partial charge is 0.333 e. The van der Waals surface area contributed by atoms with Gasteiger partial charge in [0.05, 0.1) is 5.57 Å². The highest BCUT2D eigenvalue weighted by Crippen LogP contribution is 2.23. The van der Waals surface area contributed by atoms with Crippen LogP contribution >= 0.6 is 0 Å². The molecule has 0 rings (SSSR count). The molecule has 3 heteroatoms. The van der Waals surface area contributed by atoms with Crippen molar-refractivity contribution in [3.05, 3.63) is 49.2 Å². The van der Waals surface area contributed by atoms with Gasteiger partial charge in [0.25, 0.3) is 0 Å². The summed E-state index contributed by atoms with van der Waals surface area (Å²) in [6.45, 7) is 10.8. The second kappa shape index (κ2) is 7.51. The minimum Gasteiger partial charge on any atom is -0.478 e. The molecule has 0 atom stereocenters. The van der Waals surface area contributed by atoms with Gasteiger partial charge in [0.2, 0.25) is 0 Å². The third-order valence-corrected chi connectivity index (χ3v) is 2.25. The summed E-state index contributed by atoms with van der Waals surface area (Å²) in [7, 11) is 0. The van der Waals surface area contributed by atoms with Gasteiger partial charge in [0.1, 0.15) is 0 Å². The first-order chi connectivity index (χ1) is 7.58. The summed E-state index contributed by atoms with van der Waals surface area (Å²) in [5.41, 5.74) is 6.36. The first kappa shape index (κ1) is 14.2. The summed E-state index contributed by atoms with van der Waals surface area (Å²) in [4.78, 5) is 11.2. The van der Waals surface area contributed by atoms with E-state index in [1.54, 1.807) is 18.2 Å². The van der Waals surface area contributed by atoms with E-state index in [0.717, 1.165) is 0 Å². The molecule has 0 amide bonds. The van der Waals surface area contributed by atoms with Crippen LogP contribution in [0, 0.1) is 5.92 Å². The lowest BCUT2D eigenvalue weighted by Gasteiger charge is -2.16. The zero-order valence-corrected chi connectivity index (χ0v) is 9.48. The van der Waals surface area contributed by atoms with Crippen molar-refractivity contribution in [3.8, 4) is 0 Å². The van der Waals surface area contributed by atoms with Crippen LogP contribution in [0.25, 0.3) is 0 Å². The summed E-state index contributed by atoms with van der Waals surface area (Å²) in [6.07, 6.45) is 6.51. The van der Waals surface area contributed by atoms with Crippen LogP contribution in [0.1, 0.15) is 19.3 Å². The minimum atomic E-state index is -0.979. The van der Waals surface area contributed by atoms with E-state index in [4.69, 9.17) is 10.8 Å². The number of rotatable bonds is 8. The fourth-order valence-electron chi connectivity index (χ4n) is 1.57. The summed E-state index contributed by atoms with van der Waals surface area (Å²) in [6, 6.07) is 0. The predicted octanol–water partition coefficient (Wildman–Crippen LogP) is 2.63. The summed E-state index contributed by atoms with van der Waals surface area (Å²) < 4.78 is 0. The Morgan fingerprint density at radius 1 is 1.19 bits per heavy atom. The van der Waals surface area contributed by atoms with Crippen molar-refractivity contribution in [2.45, 2.75) is 19.3 Å². The second-order valence-corrected chi connectivity index (χ2v) is 3.48. The van der Waals surface area contributed by atoms with Crippen molar-refractivity contribution in [1.29, 1.82) is 0 Å². The standard InChI is InChI=1S/C13H19NO2/c1-4-7-10(8-5-2)12(13(15)16)11(14)9-6-3/h4-6,10H,1-3,7-9,14H2,(H,15,16). The number of aliphatic carboxylic acids is 1. The average Bonchev–Trinajstić information content (AvgIpc) is 2.18. The van der Waals surface area contributed by atoms with E-state index >= 15 is 0 Å². The van der Waals surface area contributed by atoms with E-state index in [9.17, 15) is 4.79 Å². The van der Waals surface area contributed by atoms with Crippen LogP contribution in [0.5, 0.6) is 0 Å². The van der Waals surface area contributed by atoms with Gasteiger partial charge in [-0.2, -0.15) is 0 Å². The van der Waals surface area contributed by atoms with E-state index < -0.39 is 5.97 Å². The van der Waals surface area contributed by atoms with E-state index in [2.05, 4.69) is 19.7 Å². The first-order valence-electron chi connectivity index (χ1n) is 5.12. The molecule has 0 spiro atoms. The van der Waals surface area contributed by atoms with Gasteiger partial charge in [-0.15, -0.1) is 19.7 Å². The van der Waals surface area contributed by atoms with Crippen LogP contribution in [-0.2, 0) is 4.79 Å². The lowest BCUT2D eigenvalue weighted by atomic mass is 9.90. The molecule has 0 aromatic heterocycles. The molecule has 88 valence electrons. The maximum absolute atomic E-state index is 11.2. The number of carbonyl (C=O) groups is 1. The minimum absolute atomic E-state index is 0.160. The molecule has 0 aromatic carbocycles. The van der Waals surface area contributed by atoms with Gasteiger partial charge in [-0.25, -0.2) is 4.79 Å². The normalized spacial score (nSPS) is 11.8. The van der Waals surface area contributed by atoms with Crippen LogP contribution < -0.4 is 5.73 Å². The largest absolute Gasteiger partial charge is 0.478 e. The zero-order valence-electron chi connectivity index (χ0n) is 9.48. The van der Waals surface area contributed by atoms with Crippen molar-refractivity contribution >= 4 is 5.97 Å².